The number of aromatic nitrogens is 2. The van der Waals surface area contributed by atoms with Gasteiger partial charge < -0.3 is 10.1 Å². The lowest BCUT2D eigenvalue weighted by atomic mass is 9.98. The lowest BCUT2D eigenvalue weighted by Crippen LogP contribution is -2.26. The highest BCUT2D eigenvalue weighted by Gasteiger charge is 2.29. The molecule has 210 valence electrons. The van der Waals surface area contributed by atoms with Crippen molar-refractivity contribution in [1.82, 2.24) is 15.3 Å². The number of carbonyl (C=O) groups excluding carboxylic acids is 2. The molecule has 0 spiro atoms. The number of alkyl carbamates (subject to hydrolysis) is 1. The molecule has 2 aromatic heterocycles. The number of pyridine rings is 2. The van der Waals surface area contributed by atoms with E-state index in [2.05, 4.69) is 39.6 Å². The van der Waals surface area contributed by atoms with Crippen molar-refractivity contribution in [2.24, 2.45) is 0 Å². The van der Waals surface area contributed by atoms with Crippen LogP contribution in [0.5, 0.6) is 0 Å². The van der Waals surface area contributed by atoms with Crippen LogP contribution in [0.15, 0.2) is 107 Å². The van der Waals surface area contributed by atoms with E-state index in [9.17, 15) is 14.9 Å². The third kappa shape index (κ3) is 5.86. The Morgan fingerprint density at radius 2 is 1.70 bits per heavy atom. The zero-order valence-corrected chi connectivity index (χ0v) is 24.2. The number of benzene rings is 3. The van der Waals surface area contributed by atoms with Gasteiger partial charge in [0.25, 0.3) is 0 Å². The number of nitrogens with zero attached hydrogens (tertiary/aromatic N) is 3. The summed E-state index contributed by atoms with van der Waals surface area (Å²) in [5, 5.41) is 13.1. The van der Waals surface area contributed by atoms with Crippen molar-refractivity contribution in [2.75, 3.05) is 6.61 Å². The molecular formula is C34H23ClN4O3S. The van der Waals surface area contributed by atoms with Gasteiger partial charge in [-0.1, -0.05) is 71.9 Å². The number of halogens is 1. The Bertz CT molecular complexity index is 1860. The maximum absolute atomic E-state index is 13.0. The molecule has 0 radical (unpaired) electrons. The Morgan fingerprint density at radius 1 is 0.953 bits per heavy atom. The fourth-order valence-electron chi connectivity index (χ4n) is 5.23. The number of carbonyl (C=O) groups is 2. The highest BCUT2D eigenvalue weighted by molar-refractivity contribution is 7.99. The molecule has 5 aromatic rings. The summed E-state index contributed by atoms with van der Waals surface area (Å²) in [5.74, 6) is -0.0611. The highest BCUT2D eigenvalue weighted by atomic mass is 35.5. The van der Waals surface area contributed by atoms with Crippen LogP contribution in [0.1, 0.15) is 38.7 Å². The standard InChI is InChI=1S/C34H23ClN4O3S/c35-31-16-23(21-11-13-37-25(15-21)17-36)14-24(32(31)43-33-22(19-40)6-5-12-38-33)18-39-34(41)42-20-30-28-9-3-1-7-26(28)27-8-2-4-10-29(27)30/h1-16,19,30H,18,20H2,(H,39,41). The Morgan fingerprint density at radius 3 is 2.42 bits per heavy atom. The van der Waals surface area contributed by atoms with Crippen molar-refractivity contribution in [3.8, 4) is 28.3 Å². The predicted molar refractivity (Wildman–Crippen MR) is 165 cm³/mol. The first-order chi connectivity index (χ1) is 21.1. The van der Waals surface area contributed by atoms with Gasteiger partial charge in [0.15, 0.2) is 6.29 Å². The Kier molecular flexibility index (Phi) is 8.18. The number of nitriles is 1. The number of rotatable bonds is 8. The van der Waals surface area contributed by atoms with Gasteiger partial charge in [-0.25, -0.2) is 14.8 Å². The molecule has 1 aliphatic rings. The molecule has 1 amide bonds. The zero-order valence-electron chi connectivity index (χ0n) is 22.7. The first-order valence-electron chi connectivity index (χ1n) is 13.4. The maximum atomic E-state index is 13.0. The van der Waals surface area contributed by atoms with Gasteiger partial charge in [0.1, 0.15) is 23.4 Å². The van der Waals surface area contributed by atoms with Gasteiger partial charge in [-0.15, -0.1) is 0 Å². The molecule has 2 heterocycles. The van der Waals surface area contributed by atoms with Crippen LogP contribution in [0.3, 0.4) is 0 Å². The number of ether oxygens (including phenoxy) is 1. The van der Waals surface area contributed by atoms with Crippen molar-refractivity contribution < 1.29 is 14.3 Å². The lowest BCUT2D eigenvalue weighted by Gasteiger charge is -2.17. The van der Waals surface area contributed by atoms with E-state index in [4.69, 9.17) is 16.3 Å². The first-order valence-corrected chi connectivity index (χ1v) is 14.6. The van der Waals surface area contributed by atoms with Crippen LogP contribution in [-0.4, -0.2) is 29.0 Å². The van der Waals surface area contributed by atoms with E-state index in [1.54, 1.807) is 42.7 Å². The molecule has 0 saturated carbocycles. The normalized spacial score (nSPS) is 11.7. The fourth-order valence-corrected chi connectivity index (χ4v) is 6.54. The molecule has 6 rings (SSSR count). The molecule has 0 aliphatic heterocycles. The van der Waals surface area contributed by atoms with E-state index in [-0.39, 0.29) is 24.8 Å². The second-order valence-electron chi connectivity index (χ2n) is 9.78. The summed E-state index contributed by atoms with van der Waals surface area (Å²) < 4.78 is 5.74. The first kappa shape index (κ1) is 28.2. The van der Waals surface area contributed by atoms with Crippen LogP contribution >= 0.6 is 23.4 Å². The number of hydrogen-bond donors (Lipinski definition) is 1. The van der Waals surface area contributed by atoms with Crippen molar-refractivity contribution in [1.29, 1.82) is 5.26 Å². The van der Waals surface area contributed by atoms with Crippen molar-refractivity contribution in [3.63, 3.8) is 0 Å². The van der Waals surface area contributed by atoms with E-state index in [1.807, 2.05) is 36.4 Å². The number of amides is 1. The minimum absolute atomic E-state index is 0.0611. The van der Waals surface area contributed by atoms with Crippen molar-refractivity contribution >= 4 is 35.7 Å². The number of nitrogens with one attached hydrogen (secondary N) is 1. The van der Waals surface area contributed by atoms with Gasteiger partial charge in [-0.05, 0) is 75.3 Å². The van der Waals surface area contributed by atoms with Gasteiger partial charge in [-0.2, -0.15) is 5.26 Å². The van der Waals surface area contributed by atoms with Crippen LogP contribution < -0.4 is 5.32 Å². The lowest BCUT2D eigenvalue weighted by molar-refractivity contribution is 0.112. The third-order valence-electron chi connectivity index (χ3n) is 7.22. The Balaban J connectivity index is 1.25. The highest BCUT2D eigenvalue weighted by Crippen LogP contribution is 2.44. The second kappa shape index (κ2) is 12.5. The van der Waals surface area contributed by atoms with E-state index >= 15 is 0 Å². The van der Waals surface area contributed by atoms with Crippen LogP contribution in [0.4, 0.5) is 4.79 Å². The molecule has 3 aromatic carbocycles. The summed E-state index contributed by atoms with van der Waals surface area (Å²) in [4.78, 5) is 33.7. The molecule has 1 aliphatic carbocycles. The molecule has 1 N–H and O–H groups in total. The van der Waals surface area contributed by atoms with E-state index in [1.165, 1.54) is 11.8 Å². The second-order valence-corrected chi connectivity index (χ2v) is 11.2. The summed E-state index contributed by atoms with van der Waals surface area (Å²) in [5.41, 5.74) is 7.45. The van der Waals surface area contributed by atoms with Gasteiger partial charge in [0, 0.05) is 35.3 Å². The molecular weight excluding hydrogens is 580 g/mol. The molecule has 0 fully saturated rings. The molecule has 7 nitrogen and oxygen atoms in total. The van der Waals surface area contributed by atoms with Gasteiger partial charge in [0.2, 0.25) is 0 Å². The monoisotopic (exact) mass is 602 g/mol. The molecule has 0 atom stereocenters. The summed E-state index contributed by atoms with van der Waals surface area (Å²) in [6.45, 7) is 0.291. The fraction of sp³-hybridized carbons (Fsp3) is 0.0882. The summed E-state index contributed by atoms with van der Waals surface area (Å²) >= 11 is 8.04. The smallest absolute Gasteiger partial charge is 0.407 e. The van der Waals surface area contributed by atoms with Crippen LogP contribution in [0.2, 0.25) is 5.02 Å². The van der Waals surface area contributed by atoms with Crippen LogP contribution in [0, 0.1) is 11.3 Å². The average Bonchev–Trinajstić information content (AvgIpc) is 3.37. The number of fused-ring (bicyclic) bond motifs is 3. The Hall–Kier alpha value is -4.97. The van der Waals surface area contributed by atoms with Crippen molar-refractivity contribution in [2.45, 2.75) is 22.4 Å². The van der Waals surface area contributed by atoms with Crippen molar-refractivity contribution in [3.05, 3.63) is 130 Å². The maximum Gasteiger partial charge on any atom is 0.407 e. The zero-order chi connectivity index (χ0) is 29.8. The summed E-state index contributed by atoms with van der Waals surface area (Å²) in [6, 6.07) is 28.9. The molecule has 0 saturated heterocycles. The largest absolute Gasteiger partial charge is 0.449 e. The summed E-state index contributed by atoms with van der Waals surface area (Å²) in [7, 11) is 0. The molecule has 0 bridgehead atoms. The van der Waals surface area contributed by atoms with Gasteiger partial charge in [-0.3, -0.25) is 4.79 Å². The number of hydrogen-bond acceptors (Lipinski definition) is 7. The van der Waals surface area contributed by atoms with Crippen LogP contribution in [0.25, 0.3) is 22.3 Å². The SMILES string of the molecule is N#Cc1cc(-c2cc(Cl)c(Sc3ncccc3C=O)c(CNC(=O)OCC3c4ccccc4-c4ccccc43)c2)ccn1. The van der Waals surface area contributed by atoms with E-state index in [0.29, 0.717) is 26.1 Å². The average molecular weight is 603 g/mol. The predicted octanol–water partition coefficient (Wildman–Crippen LogP) is 7.67. The van der Waals surface area contributed by atoms with E-state index < -0.39 is 6.09 Å². The molecule has 43 heavy (non-hydrogen) atoms. The number of aldehydes is 1. The topological polar surface area (TPSA) is 105 Å². The van der Waals surface area contributed by atoms with Crippen LogP contribution in [-0.2, 0) is 11.3 Å². The van der Waals surface area contributed by atoms with Gasteiger partial charge in [0.05, 0.1) is 5.02 Å². The van der Waals surface area contributed by atoms with Gasteiger partial charge >= 0.3 is 6.09 Å². The summed E-state index contributed by atoms with van der Waals surface area (Å²) in [6.07, 6.45) is 3.34. The minimum Gasteiger partial charge on any atom is -0.449 e. The quantitative estimate of drug-likeness (QED) is 0.182. The third-order valence-corrected chi connectivity index (χ3v) is 8.85. The Labute approximate surface area is 257 Å². The molecule has 0 unspecified atom stereocenters. The minimum atomic E-state index is -0.568. The molecule has 9 heteroatoms. The van der Waals surface area contributed by atoms with E-state index in [0.717, 1.165) is 39.7 Å².